The van der Waals surface area contributed by atoms with Gasteiger partial charge in [-0.1, -0.05) is 89.5 Å². The van der Waals surface area contributed by atoms with Crippen molar-refractivity contribution in [2.45, 2.75) is 143 Å². The molecular formula is C35H65BrO3Si2. The molecule has 0 aromatic rings. The Hall–Kier alpha value is -0.166. The third-order valence-corrected chi connectivity index (χ3v) is 19.9. The van der Waals surface area contributed by atoms with Crippen LogP contribution in [-0.4, -0.2) is 41.1 Å². The zero-order valence-corrected chi connectivity index (χ0v) is 32.6. The molecule has 0 heterocycles. The number of allylic oxidation sites excluding steroid dienone is 3. The van der Waals surface area contributed by atoms with Gasteiger partial charge in [-0.05, 0) is 109 Å². The minimum atomic E-state index is -1.94. The first kappa shape index (κ1) is 38.9. The minimum absolute atomic E-state index is 0.0605. The van der Waals surface area contributed by atoms with E-state index in [9.17, 15) is 5.11 Å². The van der Waals surface area contributed by atoms with Crippen LogP contribution in [0.1, 0.15) is 101 Å². The third kappa shape index (κ3) is 12.4. The highest BCUT2D eigenvalue weighted by Gasteiger charge is 2.42. The summed E-state index contributed by atoms with van der Waals surface area (Å²) in [6, 6.07) is 0. The first-order valence-corrected chi connectivity index (χ1v) is 22.7. The Labute approximate surface area is 266 Å². The molecule has 1 aliphatic carbocycles. The first-order valence-electron chi connectivity index (χ1n) is 16.1. The maximum Gasteiger partial charge on any atom is 0.192 e. The van der Waals surface area contributed by atoms with Crippen LogP contribution >= 0.6 is 15.9 Å². The Kier molecular flexibility index (Phi) is 15.9. The number of aliphatic hydroxyl groups excluding tert-OH is 1. The molecule has 1 rings (SSSR count). The van der Waals surface area contributed by atoms with Crippen LogP contribution in [0.4, 0.5) is 0 Å². The molecule has 0 aliphatic heterocycles. The van der Waals surface area contributed by atoms with Crippen LogP contribution in [0.5, 0.6) is 0 Å². The lowest BCUT2D eigenvalue weighted by atomic mass is 9.84. The lowest BCUT2D eigenvalue weighted by molar-refractivity contribution is 0.168. The summed E-state index contributed by atoms with van der Waals surface area (Å²) in [6.45, 7) is 30.8. The molecule has 2 unspecified atom stereocenters. The maximum absolute atomic E-state index is 10.3. The molecule has 238 valence electrons. The monoisotopic (exact) mass is 668 g/mol. The molecule has 1 saturated carbocycles. The molecule has 3 nitrogen and oxygen atoms in total. The molecule has 0 amide bonds. The Morgan fingerprint density at radius 2 is 1.66 bits per heavy atom. The van der Waals surface area contributed by atoms with Crippen molar-refractivity contribution in [3.05, 3.63) is 22.7 Å². The van der Waals surface area contributed by atoms with Crippen molar-refractivity contribution in [3.8, 4) is 11.8 Å². The maximum atomic E-state index is 10.3. The van der Waals surface area contributed by atoms with E-state index >= 15 is 0 Å². The fourth-order valence-electron chi connectivity index (χ4n) is 5.23. The Morgan fingerprint density at radius 3 is 2.20 bits per heavy atom. The van der Waals surface area contributed by atoms with E-state index in [4.69, 9.17) is 8.85 Å². The molecule has 0 aromatic heterocycles. The topological polar surface area (TPSA) is 38.7 Å². The van der Waals surface area contributed by atoms with E-state index in [-0.39, 0.29) is 22.8 Å². The third-order valence-electron chi connectivity index (χ3n) is 10.3. The van der Waals surface area contributed by atoms with Gasteiger partial charge >= 0.3 is 0 Å². The zero-order valence-electron chi connectivity index (χ0n) is 29.0. The fraction of sp³-hybridized carbons (Fsp3) is 0.829. The fourth-order valence-corrected chi connectivity index (χ4v) is 8.26. The Balaban J connectivity index is 2.94. The van der Waals surface area contributed by atoms with Gasteiger partial charge in [0, 0.05) is 19.6 Å². The van der Waals surface area contributed by atoms with Crippen LogP contribution in [-0.2, 0) is 8.85 Å². The van der Waals surface area contributed by atoms with E-state index in [0.29, 0.717) is 29.6 Å². The van der Waals surface area contributed by atoms with Crippen molar-refractivity contribution >= 4 is 32.6 Å². The number of hydrogen-bond acceptors (Lipinski definition) is 3. The molecule has 6 atom stereocenters. The van der Waals surface area contributed by atoms with Gasteiger partial charge in [0.1, 0.15) is 0 Å². The second-order valence-corrected chi connectivity index (χ2v) is 26.3. The lowest BCUT2D eigenvalue weighted by Crippen LogP contribution is -2.45. The molecule has 6 heteroatoms. The second-order valence-electron chi connectivity index (χ2n) is 15.7. The molecule has 0 saturated heterocycles. The van der Waals surface area contributed by atoms with Crippen molar-refractivity contribution in [1.29, 1.82) is 0 Å². The first-order chi connectivity index (χ1) is 18.8. The number of aliphatic hydroxyl groups is 1. The van der Waals surface area contributed by atoms with Crippen molar-refractivity contribution < 1.29 is 14.0 Å². The van der Waals surface area contributed by atoms with Gasteiger partial charge in [-0.2, -0.15) is 0 Å². The molecule has 0 bridgehead atoms. The van der Waals surface area contributed by atoms with Gasteiger partial charge in [0.05, 0.1) is 6.10 Å². The number of rotatable bonds is 15. The van der Waals surface area contributed by atoms with Gasteiger partial charge in [0.2, 0.25) is 0 Å². The van der Waals surface area contributed by atoms with Gasteiger partial charge in [0.25, 0.3) is 0 Å². The Bertz CT molecular complexity index is 901. The van der Waals surface area contributed by atoms with E-state index in [1.54, 1.807) is 0 Å². The molecule has 41 heavy (non-hydrogen) atoms. The van der Waals surface area contributed by atoms with Crippen molar-refractivity contribution in [2.75, 3.05) is 13.2 Å². The lowest BCUT2D eigenvalue weighted by Gasteiger charge is -2.40. The van der Waals surface area contributed by atoms with Crippen molar-refractivity contribution in [3.63, 3.8) is 0 Å². The summed E-state index contributed by atoms with van der Waals surface area (Å²) in [7, 11) is -3.59. The summed E-state index contributed by atoms with van der Waals surface area (Å²) in [5, 5.41) is 10.7. The van der Waals surface area contributed by atoms with Crippen LogP contribution in [0, 0.1) is 41.4 Å². The summed E-state index contributed by atoms with van der Waals surface area (Å²) in [4.78, 5) is 0. The standard InChI is InChI=1S/C35H65BrO3Si2/c1-14-15-19-27(2)33(39-41(12,13)35(7,8)9)22-21-31-28(3)24-29(26-37)32(31)25-30(36)20-17-16-18-23-38-40(10,11)34(4,5)6/h20-22,27-29,31-33,37H,16-19,23-26H2,1-13H3/b22-21+,30-20-/t27?,28-,29?,31+,32+,33-/m1/s1. The SMILES string of the molecule is CC#CCC(C)[C@@H](/C=C/[C@H]1[C@H](C)CC(CO)[C@@H]1C/C(Br)=C/CCCCO[Si](C)(C)C(C)(C)C)O[Si](C)(C)C(C)(C)C. The highest BCUT2D eigenvalue weighted by atomic mass is 79.9. The number of unbranched alkanes of at least 4 members (excludes halogenated alkanes) is 2. The summed E-state index contributed by atoms with van der Waals surface area (Å²) in [5.74, 6) is 8.43. The van der Waals surface area contributed by atoms with Crippen LogP contribution in [0.3, 0.4) is 0 Å². The average Bonchev–Trinajstić information content (AvgIpc) is 3.14. The molecule has 0 aromatic carbocycles. The van der Waals surface area contributed by atoms with Crippen LogP contribution in [0.2, 0.25) is 36.3 Å². The smallest absolute Gasteiger partial charge is 0.192 e. The summed E-state index contributed by atoms with van der Waals surface area (Å²) in [5.41, 5.74) is 0. The van der Waals surface area contributed by atoms with Crippen LogP contribution < -0.4 is 0 Å². The van der Waals surface area contributed by atoms with Crippen molar-refractivity contribution in [2.24, 2.45) is 29.6 Å². The van der Waals surface area contributed by atoms with E-state index < -0.39 is 16.6 Å². The molecule has 1 N–H and O–H groups in total. The second kappa shape index (κ2) is 16.8. The average molecular weight is 670 g/mol. The molecule has 0 radical (unpaired) electrons. The normalized spacial score (nSPS) is 24.4. The van der Waals surface area contributed by atoms with Crippen LogP contribution in [0.25, 0.3) is 0 Å². The van der Waals surface area contributed by atoms with Crippen molar-refractivity contribution in [1.82, 2.24) is 0 Å². The zero-order chi connectivity index (χ0) is 31.6. The molecule has 0 spiro atoms. The van der Waals surface area contributed by atoms with Gasteiger partial charge in [-0.25, -0.2) is 0 Å². The van der Waals surface area contributed by atoms with Gasteiger partial charge in [-0.15, -0.1) is 11.8 Å². The summed E-state index contributed by atoms with van der Waals surface area (Å²) in [6.07, 6.45) is 13.4. The van der Waals surface area contributed by atoms with Crippen LogP contribution in [0.15, 0.2) is 22.7 Å². The largest absolute Gasteiger partial charge is 0.417 e. The highest BCUT2D eigenvalue weighted by Crippen LogP contribution is 2.46. The number of halogens is 1. The van der Waals surface area contributed by atoms with E-state index in [0.717, 1.165) is 45.1 Å². The predicted octanol–water partition coefficient (Wildman–Crippen LogP) is 10.7. The van der Waals surface area contributed by atoms with Gasteiger partial charge in [-0.3, -0.25) is 0 Å². The minimum Gasteiger partial charge on any atom is -0.417 e. The van der Waals surface area contributed by atoms with E-state index in [1.807, 2.05) is 6.92 Å². The van der Waals surface area contributed by atoms with Gasteiger partial charge < -0.3 is 14.0 Å². The summed E-state index contributed by atoms with van der Waals surface area (Å²) < 4.78 is 14.6. The highest BCUT2D eigenvalue weighted by molar-refractivity contribution is 9.11. The molecular weight excluding hydrogens is 604 g/mol. The summed E-state index contributed by atoms with van der Waals surface area (Å²) >= 11 is 3.91. The van der Waals surface area contributed by atoms with E-state index in [1.165, 1.54) is 4.48 Å². The van der Waals surface area contributed by atoms with E-state index in [2.05, 4.69) is 128 Å². The molecule has 1 fully saturated rings. The quantitative estimate of drug-likeness (QED) is 0.0816. The van der Waals surface area contributed by atoms with Gasteiger partial charge in [0.15, 0.2) is 16.6 Å². The molecule has 1 aliphatic rings. The number of hydrogen-bond donors (Lipinski definition) is 1. The Morgan fingerprint density at radius 1 is 1.05 bits per heavy atom. The predicted molar refractivity (Wildman–Crippen MR) is 188 cm³/mol.